The summed E-state index contributed by atoms with van der Waals surface area (Å²) in [5.41, 5.74) is 7.78. The van der Waals surface area contributed by atoms with Crippen LogP contribution in [0.3, 0.4) is 0 Å². The molecule has 1 fully saturated rings. The van der Waals surface area contributed by atoms with Crippen molar-refractivity contribution in [3.05, 3.63) is 21.8 Å². The van der Waals surface area contributed by atoms with E-state index in [1.165, 1.54) is 3.57 Å². The van der Waals surface area contributed by atoms with Gasteiger partial charge in [-0.3, -0.25) is 0 Å². The molecule has 1 aromatic carbocycles. The fourth-order valence-electron chi connectivity index (χ4n) is 1.76. The molecule has 1 aromatic rings. The van der Waals surface area contributed by atoms with Crippen molar-refractivity contribution in [3.8, 4) is 0 Å². The molecule has 82 valence electrons. The number of halogens is 1. The minimum absolute atomic E-state index is 0.424. The van der Waals surface area contributed by atoms with E-state index in [1.54, 1.807) is 7.11 Å². The monoisotopic (exact) mass is 318 g/mol. The van der Waals surface area contributed by atoms with Gasteiger partial charge in [0.1, 0.15) is 0 Å². The fraction of sp³-hybridized carbons (Fsp3) is 0.455. The first-order chi connectivity index (χ1) is 7.19. The molecule has 4 heteroatoms. The van der Waals surface area contributed by atoms with E-state index in [4.69, 9.17) is 10.5 Å². The highest BCUT2D eigenvalue weighted by molar-refractivity contribution is 14.1. The van der Waals surface area contributed by atoms with Crippen molar-refractivity contribution in [2.75, 3.05) is 18.2 Å². The molecular formula is C11H15IN2O. The Hall–Kier alpha value is -0.490. The van der Waals surface area contributed by atoms with Gasteiger partial charge in [0, 0.05) is 16.7 Å². The third-order valence-electron chi connectivity index (χ3n) is 2.80. The van der Waals surface area contributed by atoms with Crippen LogP contribution in [-0.2, 0) is 4.74 Å². The lowest BCUT2D eigenvalue weighted by atomic mass is 9.89. The summed E-state index contributed by atoms with van der Waals surface area (Å²) in [6.07, 6.45) is 2.57. The maximum Gasteiger partial charge on any atom is 0.0610 e. The largest absolute Gasteiger partial charge is 0.397 e. The van der Waals surface area contributed by atoms with Crippen molar-refractivity contribution >= 4 is 34.0 Å². The van der Waals surface area contributed by atoms with Gasteiger partial charge in [0.25, 0.3) is 0 Å². The number of hydrogen-bond acceptors (Lipinski definition) is 3. The zero-order valence-electron chi connectivity index (χ0n) is 8.66. The average Bonchev–Trinajstić information content (AvgIpc) is 2.13. The Bertz CT molecular complexity index is 350. The number of rotatable bonds is 3. The Morgan fingerprint density at radius 2 is 2.20 bits per heavy atom. The summed E-state index contributed by atoms with van der Waals surface area (Å²) in [5.74, 6) is 0. The Labute approximate surface area is 104 Å². The van der Waals surface area contributed by atoms with Crippen LogP contribution in [0, 0.1) is 3.57 Å². The molecule has 0 atom stereocenters. The summed E-state index contributed by atoms with van der Waals surface area (Å²) >= 11 is 2.26. The molecule has 0 amide bonds. The highest BCUT2D eigenvalue weighted by atomic mass is 127. The van der Waals surface area contributed by atoms with Gasteiger partial charge in [-0.2, -0.15) is 0 Å². The molecule has 1 saturated carbocycles. The number of anilines is 2. The van der Waals surface area contributed by atoms with Gasteiger partial charge in [0.2, 0.25) is 0 Å². The SMILES string of the molecule is COC1CC(Nc2ccc(I)cc2N)C1. The van der Waals surface area contributed by atoms with E-state index in [2.05, 4.69) is 34.0 Å². The normalized spacial score (nSPS) is 24.7. The van der Waals surface area contributed by atoms with E-state index in [0.29, 0.717) is 12.1 Å². The Morgan fingerprint density at radius 1 is 1.47 bits per heavy atom. The molecule has 0 saturated heterocycles. The van der Waals surface area contributed by atoms with Gasteiger partial charge >= 0.3 is 0 Å². The summed E-state index contributed by atoms with van der Waals surface area (Å²) in [6.45, 7) is 0. The molecule has 0 aliphatic heterocycles. The maximum atomic E-state index is 5.92. The average molecular weight is 318 g/mol. The Balaban J connectivity index is 1.94. The van der Waals surface area contributed by atoms with Gasteiger partial charge in [0.05, 0.1) is 17.5 Å². The molecular weight excluding hydrogens is 303 g/mol. The number of hydrogen-bond donors (Lipinski definition) is 2. The predicted octanol–water partition coefficient (Wildman–Crippen LogP) is 2.46. The molecule has 0 bridgehead atoms. The quantitative estimate of drug-likeness (QED) is 0.665. The van der Waals surface area contributed by atoms with Crippen LogP contribution in [0.15, 0.2) is 18.2 Å². The Kier molecular flexibility index (Phi) is 3.35. The smallest absolute Gasteiger partial charge is 0.0610 e. The third kappa shape index (κ3) is 2.55. The van der Waals surface area contributed by atoms with E-state index in [-0.39, 0.29) is 0 Å². The molecule has 15 heavy (non-hydrogen) atoms. The number of nitrogens with two attached hydrogens (primary N) is 1. The minimum atomic E-state index is 0.424. The number of nitrogens with one attached hydrogen (secondary N) is 1. The van der Waals surface area contributed by atoms with Crippen LogP contribution < -0.4 is 11.1 Å². The van der Waals surface area contributed by atoms with Crippen LogP contribution in [-0.4, -0.2) is 19.3 Å². The van der Waals surface area contributed by atoms with Crippen LogP contribution in [0.4, 0.5) is 11.4 Å². The number of benzene rings is 1. The summed E-state index contributed by atoms with van der Waals surface area (Å²) in [6, 6.07) is 6.59. The standard InChI is InChI=1S/C11H15IN2O/c1-15-9-5-8(6-9)14-11-3-2-7(12)4-10(11)13/h2-4,8-9,14H,5-6,13H2,1H3. The second kappa shape index (κ2) is 4.57. The molecule has 1 aliphatic rings. The highest BCUT2D eigenvalue weighted by Gasteiger charge is 2.28. The second-order valence-corrected chi connectivity index (χ2v) is 5.15. The predicted molar refractivity (Wildman–Crippen MR) is 71.0 cm³/mol. The van der Waals surface area contributed by atoms with E-state index in [9.17, 15) is 0 Å². The zero-order chi connectivity index (χ0) is 10.8. The van der Waals surface area contributed by atoms with Crippen molar-refractivity contribution in [2.45, 2.75) is 25.0 Å². The molecule has 3 N–H and O–H groups in total. The van der Waals surface area contributed by atoms with Gasteiger partial charge in [-0.25, -0.2) is 0 Å². The van der Waals surface area contributed by atoms with Crippen LogP contribution >= 0.6 is 22.6 Å². The minimum Gasteiger partial charge on any atom is -0.397 e. The van der Waals surface area contributed by atoms with Gasteiger partial charge in [-0.05, 0) is 53.6 Å². The summed E-state index contributed by atoms with van der Waals surface area (Å²) < 4.78 is 6.40. The second-order valence-electron chi connectivity index (χ2n) is 3.90. The van der Waals surface area contributed by atoms with Crippen LogP contribution in [0.25, 0.3) is 0 Å². The van der Waals surface area contributed by atoms with Crippen molar-refractivity contribution in [2.24, 2.45) is 0 Å². The molecule has 0 radical (unpaired) electrons. The topological polar surface area (TPSA) is 47.3 Å². The van der Waals surface area contributed by atoms with Crippen LogP contribution in [0.5, 0.6) is 0 Å². The van der Waals surface area contributed by atoms with Gasteiger partial charge in [-0.1, -0.05) is 0 Å². The molecule has 1 aliphatic carbocycles. The first-order valence-corrected chi connectivity index (χ1v) is 6.11. The number of nitrogen functional groups attached to an aromatic ring is 1. The van der Waals surface area contributed by atoms with E-state index in [0.717, 1.165) is 24.2 Å². The lowest BCUT2D eigenvalue weighted by Gasteiger charge is -2.35. The molecule has 0 spiro atoms. The number of methoxy groups -OCH3 is 1. The molecule has 2 rings (SSSR count). The van der Waals surface area contributed by atoms with Gasteiger partial charge in [-0.15, -0.1) is 0 Å². The molecule has 0 aromatic heterocycles. The van der Waals surface area contributed by atoms with Gasteiger partial charge < -0.3 is 15.8 Å². The Morgan fingerprint density at radius 3 is 2.80 bits per heavy atom. The van der Waals surface area contributed by atoms with Crippen LogP contribution in [0.1, 0.15) is 12.8 Å². The summed E-state index contributed by atoms with van der Waals surface area (Å²) in [4.78, 5) is 0. The van der Waals surface area contributed by atoms with E-state index in [1.807, 2.05) is 12.1 Å². The van der Waals surface area contributed by atoms with Gasteiger partial charge in [0.15, 0.2) is 0 Å². The number of ether oxygens (including phenoxy) is 1. The fourth-order valence-corrected chi connectivity index (χ4v) is 2.28. The highest BCUT2D eigenvalue weighted by Crippen LogP contribution is 2.29. The third-order valence-corrected chi connectivity index (χ3v) is 3.47. The zero-order valence-corrected chi connectivity index (χ0v) is 10.8. The molecule has 3 nitrogen and oxygen atoms in total. The first-order valence-electron chi connectivity index (χ1n) is 5.03. The summed E-state index contributed by atoms with van der Waals surface area (Å²) in [7, 11) is 1.76. The van der Waals surface area contributed by atoms with Crippen molar-refractivity contribution in [1.82, 2.24) is 0 Å². The van der Waals surface area contributed by atoms with E-state index < -0.39 is 0 Å². The lowest BCUT2D eigenvalue weighted by molar-refractivity contribution is 0.0329. The first kappa shape index (κ1) is 11.0. The molecule has 0 unspecified atom stereocenters. The van der Waals surface area contributed by atoms with Crippen molar-refractivity contribution < 1.29 is 4.74 Å². The lowest BCUT2D eigenvalue weighted by Crippen LogP contribution is -2.40. The maximum absolute atomic E-state index is 5.92. The van der Waals surface area contributed by atoms with E-state index >= 15 is 0 Å². The summed E-state index contributed by atoms with van der Waals surface area (Å²) in [5, 5.41) is 3.43. The molecule has 0 heterocycles. The van der Waals surface area contributed by atoms with Crippen molar-refractivity contribution in [1.29, 1.82) is 0 Å². The van der Waals surface area contributed by atoms with Crippen molar-refractivity contribution in [3.63, 3.8) is 0 Å². The van der Waals surface area contributed by atoms with Crippen LogP contribution in [0.2, 0.25) is 0 Å².